The van der Waals surface area contributed by atoms with Gasteiger partial charge < -0.3 is 0 Å². The largest absolute Gasteiger partial charge is 0.270 e. The second-order valence-electron chi connectivity index (χ2n) is 3.89. The molecule has 0 bridgehead atoms. The van der Waals surface area contributed by atoms with Gasteiger partial charge >= 0.3 is 0 Å². The van der Waals surface area contributed by atoms with E-state index in [0.717, 1.165) is 9.87 Å². The maximum absolute atomic E-state index is 12.2. The van der Waals surface area contributed by atoms with Gasteiger partial charge in [0, 0.05) is 18.7 Å². The zero-order valence-corrected chi connectivity index (χ0v) is 11.3. The van der Waals surface area contributed by atoms with E-state index in [4.69, 9.17) is 0 Å². The maximum Gasteiger partial charge on any atom is 0.270 e. The van der Waals surface area contributed by atoms with Crippen molar-refractivity contribution in [2.24, 2.45) is 0 Å². The first-order valence-corrected chi connectivity index (χ1v) is 7.15. The van der Waals surface area contributed by atoms with E-state index < -0.39 is 10.0 Å². The van der Waals surface area contributed by atoms with Gasteiger partial charge in [-0.3, -0.25) is 0 Å². The summed E-state index contributed by atoms with van der Waals surface area (Å²) in [4.78, 5) is 0.236. The standard InChI is InChI=1S/C15H13NO2S/c1-16(13-12-14-8-4-2-5-9-14)19(17,18)15-10-6-3-7-11-15/h2-11H,1H3. The first-order valence-electron chi connectivity index (χ1n) is 5.71. The smallest absolute Gasteiger partial charge is 0.227 e. The van der Waals surface area contributed by atoms with Gasteiger partial charge in [0.1, 0.15) is 0 Å². The fraction of sp³-hybridized carbons (Fsp3) is 0.0667. The fourth-order valence-electron chi connectivity index (χ4n) is 1.48. The van der Waals surface area contributed by atoms with Gasteiger partial charge in [0.25, 0.3) is 10.0 Å². The van der Waals surface area contributed by atoms with Gasteiger partial charge in [0.05, 0.1) is 4.90 Å². The molecule has 0 fully saturated rings. The molecular weight excluding hydrogens is 258 g/mol. The van der Waals surface area contributed by atoms with Crippen LogP contribution in [0.4, 0.5) is 0 Å². The predicted molar refractivity (Wildman–Crippen MR) is 74.7 cm³/mol. The van der Waals surface area contributed by atoms with E-state index in [9.17, 15) is 8.42 Å². The van der Waals surface area contributed by atoms with Crippen molar-refractivity contribution in [3.05, 3.63) is 66.2 Å². The minimum atomic E-state index is -3.55. The van der Waals surface area contributed by atoms with E-state index in [1.165, 1.54) is 7.05 Å². The molecule has 0 atom stereocenters. The number of nitrogens with zero attached hydrogens (tertiary/aromatic N) is 1. The van der Waals surface area contributed by atoms with Crippen LogP contribution in [0, 0.1) is 12.0 Å². The topological polar surface area (TPSA) is 37.4 Å². The first kappa shape index (κ1) is 13.2. The quantitative estimate of drug-likeness (QED) is 0.621. The molecule has 4 heteroatoms. The van der Waals surface area contributed by atoms with Gasteiger partial charge in [0.2, 0.25) is 0 Å². The molecule has 0 saturated carbocycles. The van der Waals surface area contributed by atoms with Crippen LogP contribution in [0.5, 0.6) is 0 Å². The second-order valence-corrected chi connectivity index (χ2v) is 5.86. The fourth-order valence-corrected chi connectivity index (χ4v) is 2.46. The molecule has 0 radical (unpaired) electrons. The molecule has 0 unspecified atom stereocenters. The van der Waals surface area contributed by atoms with E-state index >= 15 is 0 Å². The molecule has 0 aromatic heterocycles. The number of hydrogen-bond acceptors (Lipinski definition) is 2. The zero-order valence-electron chi connectivity index (χ0n) is 10.4. The molecule has 2 aromatic carbocycles. The van der Waals surface area contributed by atoms with Crippen LogP contribution in [0.15, 0.2) is 65.6 Å². The molecule has 0 aliphatic rings. The lowest BCUT2D eigenvalue weighted by Gasteiger charge is -2.11. The van der Waals surface area contributed by atoms with Crippen LogP contribution in [0.3, 0.4) is 0 Å². The highest BCUT2D eigenvalue weighted by atomic mass is 32.2. The highest BCUT2D eigenvalue weighted by Crippen LogP contribution is 2.12. The summed E-state index contributed by atoms with van der Waals surface area (Å²) in [6.45, 7) is 0. The first-order chi connectivity index (χ1) is 9.10. The molecule has 0 aliphatic carbocycles. The molecule has 0 amide bonds. The van der Waals surface area contributed by atoms with Gasteiger partial charge in [-0.2, -0.15) is 0 Å². The summed E-state index contributed by atoms with van der Waals surface area (Å²) in [5.74, 6) is 2.82. The van der Waals surface area contributed by atoms with Crippen molar-refractivity contribution in [1.29, 1.82) is 0 Å². The Hall–Kier alpha value is -2.25. The predicted octanol–water partition coefficient (Wildman–Crippen LogP) is 2.32. The second kappa shape index (κ2) is 5.59. The van der Waals surface area contributed by atoms with Gasteiger partial charge in [-0.05, 0) is 30.2 Å². The average molecular weight is 271 g/mol. The van der Waals surface area contributed by atoms with E-state index in [2.05, 4.69) is 12.0 Å². The third-order valence-corrected chi connectivity index (χ3v) is 4.21. The van der Waals surface area contributed by atoms with Crippen molar-refractivity contribution >= 4 is 10.0 Å². The third kappa shape index (κ3) is 3.15. The van der Waals surface area contributed by atoms with Crippen LogP contribution in [0.2, 0.25) is 0 Å². The SMILES string of the molecule is CN(C#Cc1ccccc1)S(=O)(=O)c1ccccc1. The van der Waals surface area contributed by atoms with Crippen molar-refractivity contribution in [3.8, 4) is 12.0 Å². The lowest BCUT2D eigenvalue weighted by Crippen LogP contribution is -2.21. The summed E-state index contributed by atoms with van der Waals surface area (Å²) in [5.41, 5.74) is 0.776. The summed E-state index contributed by atoms with van der Waals surface area (Å²) in [6.07, 6.45) is 0. The average Bonchev–Trinajstić information content (AvgIpc) is 2.46. The van der Waals surface area contributed by atoms with Crippen molar-refractivity contribution in [1.82, 2.24) is 4.31 Å². The Balaban J connectivity index is 2.26. The minimum Gasteiger partial charge on any atom is -0.227 e. The Morgan fingerprint density at radius 1 is 0.895 bits per heavy atom. The molecule has 3 nitrogen and oxygen atoms in total. The molecule has 2 aromatic rings. The summed E-state index contributed by atoms with van der Waals surface area (Å²) in [5, 5.41) is 0. The lowest BCUT2D eigenvalue weighted by molar-refractivity contribution is 0.547. The van der Waals surface area contributed by atoms with Gasteiger partial charge in [-0.1, -0.05) is 36.4 Å². The Bertz CT molecular complexity index is 698. The molecular formula is C15H13NO2S. The van der Waals surface area contributed by atoms with Crippen molar-refractivity contribution in [2.45, 2.75) is 4.90 Å². The Morgan fingerprint density at radius 2 is 1.42 bits per heavy atom. The monoisotopic (exact) mass is 271 g/mol. The van der Waals surface area contributed by atoms with E-state index in [1.807, 2.05) is 30.3 Å². The van der Waals surface area contributed by atoms with Crippen molar-refractivity contribution < 1.29 is 8.42 Å². The molecule has 96 valence electrons. The number of benzene rings is 2. The van der Waals surface area contributed by atoms with Gasteiger partial charge in [-0.25, -0.2) is 12.7 Å². The van der Waals surface area contributed by atoms with Crippen LogP contribution in [-0.2, 0) is 10.0 Å². The van der Waals surface area contributed by atoms with E-state index in [-0.39, 0.29) is 4.90 Å². The number of sulfonamides is 1. The Morgan fingerprint density at radius 3 is 2.00 bits per heavy atom. The number of hydrogen-bond donors (Lipinski definition) is 0. The molecule has 0 spiro atoms. The van der Waals surface area contributed by atoms with Crippen LogP contribution in [-0.4, -0.2) is 19.8 Å². The molecule has 0 aliphatic heterocycles. The van der Waals surface area contributed by atoms with Crippen LogP contribution >= 0.6 is 0 Å². The summed E-state index contributed by atoms with van der Waals surface area (Å²) >= 11 is 0. The van der Waals surface area contributed by atoms with Gasteiger partial charge in [-0.15, -0.1) is 0 Å². The third-order valence-electron chi connectivity index (χ3n) is 2.53. The lowest BCUT2D eigenvalue weighted by atomic mass is 10.2. The van der Waals surface area contributed by atoms with Crippen LogP contribution in [0.1, 0.15) is 5.56 Å². The minimum absolute atomic E-state index is 0.236. The highest BCUT2D eigenvalue weighted by Gasteiger charge is 2.17. The molecule has 0 saturated heterocycles. The Labute approximate surface area is 113 Å². The summed E-state index contributed by atoms with van der Waals surface area (Å²) in [6, 6.07) is 20.1. The summed E-state index contributed by atoms with van der Waals surface area (Å²) < 4.78 is 25.4. The number of rotatable bonds is 2. The van der Waals surface area contributed by atoms with Crippen LogP contribution in [0.25, 0.3) is 0 Å². The van der Waals surface area contributed by atoms with Gasteiger partial charge in [0.15, 0.2) is 0 Å². The highest BCUT2D eigenvalue weighted by molar-refractivity contribution is 7.89. The summed E-state index contributed by atoms with van der Waals surface area (Å²) in [7, 11) is -2.11. The van der Waals surface area contributed by atoms with E-state index in [0.29, 0.717) is 0 Å². The zero-order chi connectivity index (χ0) is 13.7. The van der Waals surface area contributed by atoms with Crippen molar-refractivity contribution in [2.75, 3.05) is 7.05 Å². The van der Waals surface area contributed by atoms with Crippen molar-refractivity contribution in [3.63, 3.8) is 0 Å². The van der Waals surface area contributed by atoms with E-state index in [1.54, 1.807) is 30.3 Å². The molecule has 0 heterocycles. The molecule has 2 rings (SSSR count). The molecule has 19 heavy (non-hydrogen) atoms. The normalized spacial score (nSPS) is 10.4. The van der Waals surface area contributed by atoms with Crippen LogP contribution < -0.4 is 0 Å². The maximum atomic E-state index is 12.2. The molecule has 0 N–H and O–H groups in total. The Kier molecular flexibility index (Phi) is 3.88.